The molecule has 158 valence electrons. The Balaban J connectivity index is 1.63. The third-order valence-electron chi connectivity index (χ3n) is 5.58. The van der Waals surface area contributed by atoms with E-state index in [1.807, 2.05) is 52.0 Å². The van der Waals surface area contributed by atoms with E-state index in [2.05, 4.69) is 5.32 Å². The minimum atomic E-state index is -0.574. The molecule has 8 heteroatoms. The number of carbonyl (C=O) groups is 2. The lowest BCUT2D eigenvalue weighted by atomic mass is 9.79. The van der Waals surface area contributed by atoms with E-state index in [1.54, 1.807) is 25.7 Å². The monoisotopic (exact) mass is 402 g/mol. The van der Waals surface area contributed by atoms with E-state index < -0.39 is 30.0 Å². The Morgan fingerprint density at radius 1 is 1.14 bits per heavy atom. The molecule has 29 heavy (non-hydrogen) atoms. The van der Waals surface area contributed by atoms with Crippen LogP contribution in [0.3, 0.4) is 0 Å². The van der Waals surface area contributed by atoms with Gasteiger partial charge >= 0.3 is 13.2 Å². The predicted molar refractivity (Wildman–Crippen MR) is 112 cm³/mol. The Kier molecular flexibility index (Phi) is 5.47. The molecule has 2 amide bonds. The van der Waals surface area contributed by atoms with E-state index in [0.717, 1.165) is 11.2 Å². The van der Waals surface area contributed by atoms with Crippen molar-refractivity contribution in [2.75, 3.05) is 11.4 Å². The molecule has 2 aliphatic rings. The van der Waals surface area contributed by atoms with E-state index in [9.17, 15) is 9.59 Å². The minimum Gasteiger partial charge on any atom is -0.444 e. The lowest BCUT2D eigenvalue weighted by Crippen LogP contribution is -2.41. The van der Waals surface area contributed by atoms with Gasteiger partial charge in [-0.25, -0.2) is 4.79 Å². The molecule has 1 aromatic rings. The van der Waals surface area contributed by atoms with Gasteiger partial charge in [-0.1, -0.05) is 12.1 Å². The van der Waals surface area contributed by atoms with Gasteiger partial charge in [-0.15, -0.1) is 0 Å². The molecule has 0 aliphatic carbocycles. The molecule has 0 saturated carbocycles. The molecule has 3 rings (SSSR count). The van der Waals surface area contributed by atoms with Crippen molar-refractivity contribution in [1.82, 2.24) is 5.32 Å². The minimum absolute atomic E-state index is 0.0329. The molecular weight excluding hydrogens is 371 g/mol. The number of rotatable bonds is 3. The number of hydrogen-bond donors (Lipinski definition) is 1. The molecule has 0 aromatic heterocycles. The van der Waals surface area contributed by atoms with Crippen LogP contribution in [0, 0.1) is 0 Å². The second kappa shape index (κ2) is 7.33. The summed E-state index contributed by atoms with van der Waals surface area (Å²) in [4.78, 5) is 26.1. The number of ether oxygens (including phenoxy) is 1. The smallest absolute Gasteiger partial charge is 0.444 e. The average Bonchev–Trinajstić information content (AvgIpc) is 3.02. The molecule has 0 bridgehead atoms. The van der Waals surface area contributed by atoms with E-state index >= 15 is 0 Å². The summed E-state index contributed by atoms with van der Waals surface area (Å²) < 4.78 is 17.4. The molecule has 1 N–H and O–H groups in total. The summed E-state index contributed by atoms with van der Waals surface area (Å²) in [5.74, 6) is -0.0329. The summed E-state index contributed by atoms with van der Waals surface area (Å²) in [6.45, 7) is 13.9. The number of nitrogens with one attached hydrogen (secondary N) is 1. The molecule has 2 heterocycles. The first kappa shape index (κ1) is 21.6. The highest BCUT2D eigenvalue weighted by Gasteiger charge is 2.51. The normalized spacial score (nSPS) is 23.4. The van der Waals surface area contributed by atoms with Crippen LogP contribution in [0.5, 0.6) is 0 Å². The van der Waals surface area contributed by atoms with Crippen molar-refractivity contribution >= 4 is 30.3 Å². The first-order valence-corrected chi connectivity index (χ1v) is 10.0. The fourth-order valence-electron chi connectivity index (χ4n) is 3.32. The van der Waals surface area contributed by atoms with Gasteiger partial charge in [0.25, 0.3) is 0 Å². The fraction of sp³-hybridized carbons (Fsp3) is 0.619. The second-order valence-corrected chi connectivity index (χ2v) is 9.73. The highest BCUT2D eigenvalue weighted by molar-refractivity contribution is 6.62. The molecule has 1 aromatic carbocycles. The first-order chi connectivity index (χ1) is 13.3. The van der Waals surface area contributed by atoms with Crippen molar-refractivity contribution in [3.63, 3.8) is 0 Å². The number of nitrogens with zero attached hydrogens (tertiary/aromatic N) is 1. The predicted octanol–water partition coefficient (Wildman–Crippen LogP) is 2.62. The topological polar surface area (TPSA) is 77.1 Å². The largest absolute Gasteiger partial charge is 0.494 e. The maximum Gasteiger partial charge on any atom is 0.494 e. The summed E-state index contributed by atoms with van der Waals surface area (Å²) in [5, 5.41) is 2.78. The van der Waals surface area contributed by atoms with Gasteiger partial charge in [0.1, 0.15) is 5.60 Å². The van der Waals surface area contributed by atoms with Gasteiger partial charge < -0.3 is 24.3 Å². The van der Waals surface area contributed by atoms with Gasteiger partial charge in [-0.2, -0.15) is 0 Å². The average molecular weight is 402 g/mol. The van der Waals surface area contributed by atoms with Gasteiger partial charge in [0, 0.05) is 18.7 Å². The van der Waals surface area contributed by atoms with Crippen molar-refractivity contribution in [3.05, 3.63) is 24.3 Å². The number of carbonyl (C=O) groups excluding carboxylic acids is 2. The third kappa shape index (κ3) is 4.75. The Labute approximate surface area is 173 Å². The van der Waals surface area contributed by atoms with Crippen LogP contribution in [0.2, 0.25) is 0 Å². The van der Waals surface area contributed by atoms with Gasteiger partial charge in [-0.3, -0.25) is 4.79 Å². The third-order valence-corrected chi connectivity index (χ3v) is 5.58. The van der Waals surface area contributed by atoms with Crippen molar-refractivity contribution < 1.29 is 23.6 Å². The van der Waals surface area contributed by atoms with Crippen LogP contribution in [-0.4, -0.2) is 48.5 Å². The van der Waals surface area contributed by atoms with E-state index in [4.69, 9.17) is 14.0 Å². The molecule has 1 unspecified atom stereocenters. The maximum absolute atomic E-state index is 12.4. The van der Waals surface area contributed by atoms with E-state index in [1.165, 1.54) is 0 Å². The maximum atomic E-state index is 12.4. The Morgan fingerprint density at radius 2 is 1.69 bits per heavy atom. The molecule has 0 spiro atoms. The van der Waals surface area contributed by atoms with Crippen molar-refractivity contribution in [2.45, 2.75) is 77.7 Å². The Hall–Kier alpha value is -2.06. The first-order valence-electron chi connectivity index (χ1n) is 10.0. The summed E-state index contributed by atoms with van der Waals surface area (Å²) in [7, 11) is -0.440. The number of anilines is 1. The zero-order chi connectivity index (χ0) is 21.6. The quantitative estimate of drug-likeness (QED) is 0.787. The van der Waals surface area contributed by atoms with Gasteiger partial charge in [-0.05, 0) is 66.1 Å². The van der Waals surface area contributed by atoms with Gasteiger partial charge in [0.05, 0.1) is 17.2 Å². The van der Waals surface area contributed by atoms with Crippen LogP contribution < -0.4 is 15.7 Å². The molecule has 2 fully saturated rings. The Bertz CT molecular complexity index is 769. The molecular formula is C21H31BN2O5. The number of hydrogen-bond acceptors (Lipinski definition) is 5. The molecule has 2 aliphatic heterocycles. The van der Waals surface area contributed by atoms with Crippen LogP contribution in [0.1, 0.15) is 54.9 Å². The SMILES string of the molecule is CC(C)(C)OC(=O)NC1CC(=O)N(c2ccc(B3OC(C)(C)C(C)(C)O3)cc2)C1. The fourth-order valence-corrected chi connectivity index (χ4v) is 3.32. The number of benzene rings is 1. The zero-order valence-corrected chi connectivity index (χ0v) is 18.4. The molecule has 7 nitrogen and oxygen atoms in total. The van der Waals surface area contributed by atoms with Crippen LogP contribution >= 0.6 is 0 Å². The summed E-state index contributed by atoms with van der Waals surface area (Å²) in [6.07, 6.45) is -0.258. The molecule has 0 radical (unpaired) electrons. The zero-order valence-electron chi connectivity index (χ0n) is 18.4. The van der Waals surface area contributed by atoms with Crippen molar-refractivity contribution in [3.8, 4) is 0 Å². The van der Waals surface area contributed by atoms with E-state index in [0.29, 0.717) is 6.54 Å². The lowest BCUT2D eigenvalue weighted by molar-refractivity contribution is -0.117. The highest BCUT2D eigenvalue weighted by Crippen LogP contribution is 2.36. The Morgan fingerprint density at radius 3 is 2.21 bits per heavy atom. The number of amides is 2. The molecule has 1 atom stereocenters. The summed E-state index contributed by atoms with van der Waals surface area (Å²) in [5.41, 5.74) is 0.311. The van der Waals surface area contributed by atoms with Crippen LogP contribution in [-0.2, 0) is 18.8 Å². The molecule has 2 saturated heterocycles. The van der Waals surface area contributed by atoms with Crippen molar-refractivity contribution in [2.24, 2.45) is 0 Å². The van der Waals surface area contributed by atoms with Crippen LogP contribution in [0.25, 0.3) is 0 Å². The lowest BCUT2D eigenvalue weighted by Gasteiger charge is -2.32. The van der Waals surface area contributed by atoms with Gasteiger partial charge in [0.2, 0.25) is 5.91 Å². The summed E-state index contributed by atoms with van der Waals surface area (Å²) >= 11 is 0. The van der Waals surface area contributed by atoms with Crippen LogP contribution in [0.15, 0.2) is 24.3 Å². The van der Waals surface area contributed by atoms with Crippen molar-refractivity contribution in [1.29, 1.82) is 0 Å². The summed E-state index contributed by atoms with van der Waals surface area (Å²) in [6, 6.07) is 7.32. The standard InChI is InChI=1S/C21H31BN2O5/c1-19(2,3)27-18(26)23-15-12-17(25)24(13-15)16-10-8-14(9-11-16)22-28-20(4,5)21(6,7)29-22/h8-11,15H,12-13H2,1-7H3,(H,23,26). The van der Waals surface area contributed by atoms with Crippen LogP contribution in [0.4, 0.5) is 10.5 Å². The van der Waals surface area contributed by atoms with E-state index in [-0.39, 0.29) is 18.4 Å². The second-order valence-electron chi connectivity index (χ2n) is 9.73. The van der Waals surface area contributed by atoms with Gasteiger partial charge in [0.15, 0.2) is 0 Å². The highest BCUT2D eigenvalue weighted by atomic mass is 16.7. The number of alkyl carbamates (subject to hydrolysis) is 1.